The lowest BCUT2D eigenvalue weighted by Crippen LogP contribution is -1.97. The van der Waals surface area contributed by atoms with Crippen molar-refractivity contribution in [3.05, 3.63) is 48.3 Å². The van der Waals surface area contributed by atoms with Crippen molar-refractivity contribution in [2.24, 2.45) is 0 Å². The summed E-state index contributed by atoms with van der Waals surface area (Å²) in [5.74, 6) is -0.855. The van der Waals surface area contributed by atoms with Crippen molar-refractivity contribution >= 4 is 11.4 Å². The summed E-state index contributed by atoms with van der Waals surface area (Å²) in [4.78, 5) is 3.44. The van der Waals surface area contributed by atoms with Crippen LogP contribution in [0.15, 0.2) is 36.5 Å². The van der Waals surface area contributed by atoms with Crippen molar-refractivity contribution < 1.29 is 13.5 Å². The molecule has 0 aliphatic rings. The van der Waals surface area contributed by atoms with E-state index in [1.54, 1.807) is 19.1 Å². The molecule has 2 aromatic rings. The molecule has 0 saturated heterocycles. The number of hydrogen-bond acceptors (Lipinski definition) is 3. The highest BCUT2D eigenvalue weighted by Gasteiger charge is 2.04. The lowest BCUT2D eigenvalue weighted by atomic mass is 10.2. The molecular formula is C13H12F2N2O. The highest BCUT2D eigenvalue weighted by atomic mass is 19.1. The number of anilines is 2. The van der Waals surface area contributed by atoms with Gasteiger partial charge in [-0.15, -0.1) is 0 Å². The number of benzene rings is 1. The van der Waals surface area contributed by atoms with E-state index in [2.05, 4.69) is 10.3 Å². The van der Waals surface area contributed by atoms with Crippen LogP contribution in [0, 0.1) is 11.8 Å². The maximum atomic E-state index is 13.6. The molecule has 1 aromatic carbocycles. The van der Waals surface area contributed by atoms with Gasteiger partial charge in [-0.25, -0.2) is 9.37 Å². The number of nitrogens with zero attached hydrogens (tertiary/aromatic N) is 1. The Morgan fingerprint density at radius 2 is 1.94 bits per heavy atom. The number of halogens is 2. The number of ether oxygens (including phenoxy) is 1. The van der Waals surface area contributed by atoms with Crippen molar-refractivity contribution in [1.29, 1.82) is 0 Å². The van der Waals surface area contributed by atoms with Gasteiger partial charge in [0.05, 0.1) is 6.61 Å². The lowest BCUT2D eigenvalue weighted by molar-refractivity contribution is 0.321. The fraction of sp³-hybridized carbons (Fsp3) is 0.154. The number of pyridine rings is 1. The Morgan fingerprint density at radius 1 is 1.17 bits per heavy atom. The molecule has 2 rings (SSSR count). The summed E-state index contributed by atoms with van der Waals surface area (Å²) in [6.07, 6.45) is 1.34. The van der Waals surface area contributed by atoms with E-state index in [0.29, 0.717) is 18.0 Å². The summed E-state index contributed by atoms with van der Waals surface area (Å²) in [6, 6.07) is 7.31. The fourth-order valence-electron chi connectivity index (χ4n) is 1.50. The molecule has 0 spiro atoms. The van der Waals surface area contributed by atoms with E-state index in [1.165, 1.54) is 24.4 Å². The third-order valence-corrected chi connectivity index (χ3v) is 2.25. The van der Waals surface area contributed by atoms with Crippen LogP contribution in [0.5, 0.6) is 5.75 Å². The first-order valence-electron chi connectivity index (χ1n) is 5.50. The summed E-state index contributed by atoms with van der Waals surface area (Å²) < 4.78 is 31.5. The molecule has 0 aliphatic carbocycles. The molecule has 0 saturated carbocycles. The average Bonchev–Trinajstić information content (AvgIpc) is 2.33. The molecule has 0 unspecified atom stereocenters. The second-order valence-electron chi connectivity index (χ2n) is 3.57. The second kappa shape index (κ2) is 5.44. The summed E-state index contributed by atoms with van der Waals surface area (Å²) in [5.41, 5.74) is 1.02. The van der Waals surface area contributed by atoms with Crippen molar-refractivity contribution in [2.75, 3.05) is 11.9 Å². The van der Waals surface area contributed by atoms with E-state index in [-0.39, 0.29) is 5.75 Å². The number of hydrogen-bond donors (Lipinski definition) is 1. The molecule has 0 atom stereocenters. The second-order valence-corrected chi connectivity index (χ2v) is 3.57. The largest absolute Gasteiger partial charge is 0.491 e. The zero-order valence-electron chi connectivity index (χ0n) is 9.78. The minimum absolute atomic E-state index is 0.198. The van der Waals surface area contributed by atoms with Gasteiger partial charge in [-0.1, -0.05) is 0 Å². The molecule has 94 valence electrons. The molecule has 0 aliphatic heterocycles. The molecule has 3 nitrogen and oxygen atoms in total. The SMILES string of the molecule is CCOc1ccc(Nc2ccnc(F)c2)cc1F. The van der Waals surface area contributed by atoms with E-state index in [4.69, 9.17) is 4.74 Å². The smallest absolute Gasteiger partial charge is 0.214 e. The third-order valence-electron chi connectivity index (χ3n) is 2.25. The molecule has 0 amide bonds. The van der Waals surface area contributed by atoms with Gasteiger partial charge in [0.25, 0.3) is 0 Å². The van der Waals surface area contributed by atoms with Gasteiger partial charge in [-0.3, -0.25) is 0 Å². The molecular weight excluding hydrogens is 238 g/mol. The molecule has 0 bridgehead atoms. The van der Waals surface area contributed by atoms with Gasteiger partial charge in [-0.05, 0) is 25.1 Å². The monoisotopic (exact) mass is 250 g/mol. The van der Waals surface area contributed by atoms with Crippen molar-refractivity contribution in [1.82, 2.24) is 4.98 Å². The highest BCUT2D eigenvalue weighted by Crippen LogP contribution is 2.23. The summed E-state index contributed by atoms with van der Waals surface area (Å²) >= 11 is 0. The first-order chi connectivity index (χ1) is 8.69. The van der Waals surface area contributed by atoms with Gasteiger partial charge in [0.1, 0.15) is 0 Å². The van der Waals surface area contributed by atoms with E-state index in [9.17, 15) is 8.78 Å². The molecule has 1 N–H and O–H groups in total. The van der Waals surface area contributed by atoms with Gasteiger partial charge in [-0.2, -0.15) is 4.39 Å². The van der Waals surface area contributed by atoms with E-state index in [1.807, 2.05) is 0 Å². The lowest BCUT2D eigenvalue weighted by Gasteiger charge is -2.09. The Morgan fingerprint density at radius 3 is 2.61 bits per heavy atom. The summed E-state index contributed by atoms with van der Waals surface area (Å²) in [6.45, 7) is 2.19. The summed E-state index contributed by atoms with van der Waals surface area (Å²) in [5, 5.41) is 2.88. The first kappa shape index (κ1) is 12.3. The Balaban J connectivity index is 2.17. The summed E-state index contributed by atoms with van der Waals surface area (Å²) in [7, 11) is 0. The minimum Gasteiger partial charge on any atom is -0.491 e. The van der Waals surface area contributed by atoms with Crippen molar-refractivity contribution in [3.8, 4) is 5.75 Å². The van der Waals surface area contributed by atoms with Crippen LogP contribution < -0.4 is 10.1 Å². The van der Waals surface area contributed by atoms with Crippen LogP contribution in [0.4, 0.5) is 20.2 Å². The zero-order chi connectivity index (χ0) is 13.0. The molecule has 1 aromatic heterocycles. The van der Waals surface area contributed by atoms with Crippen LogP contribution in [0.2, 0.25) is 0 Å². The highest BCUT2D eigenvalue weighted by molar-refractivity contribution is 5.60. The van der Waals surface area contributed by atoms with E-state index < -0.39 is 11.8 Å². The van der Waals surface area contributed by atoms with Gasteiger partial charge in [0.2, 0.25) is 5.95 Å². The van der Waals surface area contributed by atoms with Crippen molar-refractivity contribution in [3.63, 3.8) is 0 Å². The molecule has 0 radical (unpaired) electrons. The Hall–Kier alpha value is -2.17. The topological polar surface area (TPSA) is 34.1 Å². The minimum atomic E-state index is -0.591. The molecule has 0 fully saturated rings. The molecule has 1 heterocycles. The fourth-order valence-corrected chi connectivity index (χ4v) is 1.50. The van der Waals surface area contributed by atoms with Crippen LogP contribution in [0.25, 0.3) is 0 Å². The molecule has 5 heteroatoms. The zero-order valence-corrected chi connectivity index (χ0v) is 9.78. The third kappa shape index (κ3) is 2.94. The van der Waals surface area contributed by atoms with Crippen LogP contribution in [0.1, 0.15) is 6.92 Å². The maximum absolute atomic E-state index is 13.6. The van der Waals surface area contributed by atoms with Crippen LogP contribution in [-0.4, -0.2) is 11.6 Å². The Labute approximate surface area is 103 Å². The van der Waals surface area contributed by atoms with Gasteiger partial charge in [0.15, 0.2) is 11.6 Å². The predicted octanol–water partition coefficient (Wildman–Crippen LogP) is 3.50. The quantitative estimate of drug-likeness (QED) is 0.843. The maximum Gasteiger partial charge on any atom is 0.214 e. The predicted molar refractivity (Wildman–Crippen MR) is 65.0 cm³/mol. The standard InChI is InChI=1S/C13H12F2N2O/c1-2-18-12-4-3-9(7-11(12)14)17-10-5-6-16-13(15)8-10/h3-8H,2H2,1H3,(H,16,17). The Kier molecular flexibility index (Phi) is 3.72. The van der Waals surface area contributed by atoms with E-state index in [0.717, 1.165) is 0 Å². The van der Waals surface area contributed by atoms with Gasteiger partial charge >= 0.3 is 0 Å². The average molecular weight is 250 g/mol. The van der Waals surface area contributed by atoms with Crippen LogP contribution in [0.3, 0.4) is 0 Å². The number of rotatable bonds is 4. The van der Waals surface area contributed by atoms with Gasteiger partial charge in [0, 0.05) is 29.7 Å². The van der Waals surface area contributed by atoms with Crippen molar-refractivity contribution in [2.45, 2.75) is 6.92 Å². The van der Waals surface area contributed by atoms with E-state index >= 15 is 0 Å². The Bertz CT molecular complexity index is 546. The van der Waals surface area contributed by atoms with Gasteiger partial charge < -0.3 is 10.1 Å². The van der Waals surface area contributed by atoms with Crippen LogP contribution >= 0.6 is 0 Å². The van der Waals surface area contributed by atoms with Crippen LogP contribution in [-0.2, 0) is 0 Å². The number of aromatic nitrogens is 1. The first-order valence-corrected chi connectivity index (χ1v) is 5.50. The number of nitrogens with one attached hydrogen (secondary N) is 1. The molecule has 18 heavy (non-hydrogen) atoms. The normalized spacial score (nSPS) is 10.2.